The van der Waals surface area contributed by atoms with Crippen molar-refractivity contribution in [3.8, 4) is 17.0 Å². The van der Waals surface area contributed by atoms with Gasteiger partial charge in [-0.2, -0.15) is 0 Å². The Hall–Kier alpha value is -2.81. The quantitative estimate of drug-likeness (QED) is 0.774. The molecule has 1 fully saturated rings. The molecule has 0 saturated carbocycles. The lowest BCUT2D eigenvalue weighted by Gasteiger charge is -2.17. The largest absolute Gasteiger partial charge is 0.573 e. The molecule has 1 aliphatic rings. The molecule has 6 nitrogen and oxygen atoms in total. The summed E-state index contributed by atoms with van der Waals surface area (Å²) in [5, 5.41) is 9.74. The maximum Gasteiger partial charge on any atom is 0.573 e. The van der Waals surface area contributed by atoms with E-state index in [-0.39, 0.29) is 5.75 Å². The Kier molecular flexibility index (Phi) is 3.95. The van der Waals surface area contributed by atoms with Gasteiger partial charge in [0.2, 0.25) is 0 Å². The summed E-state index contributed by atoms with van der Waals surface area (Å²) in [4.78, 5) is 10.7. The topological polar surface area (TPSA) is 62.9 Å². The highest BCUT2D eigenvalue weighted by molar-refractivity contribution is 5.72. The summed E-state index contributed by atoms with van der Waals surface area (Å²) in [6, 6.07) is 5.75. The van der Waals surface area contributed by atoms with Crippen LogP contribution in [0.25, 0.3) is 16.9 Å². The molecule has 0 aliphatic carbocycles. The van der Waals surface area contributed by atoms with Crippen LogP contribution in [0.1, 0.15) is 6.42 Å². The molecule has 2 aromatic heterocycles. The van der Waals surface area contributed by atoms with Crippen LogP contribution in [0.15, 0.2) is 42.9 Å². The minimum absolute atomic E-state index is 0.290. The van der Waals surface area contributed by atoms with Gasteiger partial charge in [-0.1, -0.05) is 12.1 Å². The number of β-amino-alcohol motifs (C(OH)–C–C–N with tert-alkyl or cyclic N) is 1. The number of fused-ring (bicyclic) bond motifs is 1. The first kappa shape index (κ1) is 16.6. The first-order valence-electron chi connectivity index (χ1n) is 8.02. The Balaban J connectivity index is 1.73. The molecule has 4 rings (SSSR count). The summed E-state index contributed by atoms with van der Waals surface area (Å²) in [6.45, 7) is 1.15. The van der Waals surface area contributed by atoms with E-state index in [0.717, 1.165) is 0 Å². The molecule has 3 heterocycles. The summed E-state index contributed by atoms with van der Waals surface area (Å²) in [7, 11) is 0. The molecule has 0 amide bonds. The second-order valence-electron chi connectivity index (χ2n) is 6.05. The van der Waals surface area contributed by atoms with E-state index in [1.807, 2.05) is 4.90 Å². The number of aliphatic hydroxyl groups excluding tert-OH is 1. The minimum Gasteiger partial charge on any atom is -0.406 e. The van der Waals surface area contributed by atoms with Crippen LogP contribution in [-0.2, 0) is 0 Å². The fourth-order valence-corrected chi connectivity index (χ4v) is 3.13. The van der Waals surface area contributed by atoms with E-state index in [9.17, 15) is 18.3 Å². The molecule has 0 spiro atoms. The molecule has 0 radical (unpaired) electrons. The third kappa shape index (κ3) is 3.17. The number of anilines is 1. The fourth-order valence-electron chi connectivity index (χ4n) is 3.13. The number of alkyl halides is 3. The summed E-state index contributed by atoms with van der Waals surface area (Å²) in [5.41, 5.74) is 1.74. The molecular formula is C17H15F3N4O2. The van der Waals surface area contributed by atoms with Gasteiger partial charge in [0.1, 0.15) is 5.75 Å². The normalized spacial score (nSPS) is 17.8. The molecule has 1 aliphatic heterocycles. The number of aliphatic hydroxyl groups is 1. The van der Waals surface area contributed by atoms with Gasteiger partial charge in [0.25, 0.3) is 0 Å². The molecule has 136 valence electrons. The third-order valence-electron chi connectivity index (χ3n) is 4.24. The third-order valence-corrected chi connectivity index (χ3v) is 4.24. The highest BCUT2D eigenvalue weighted by atomic mass is 19.4. The van der Waals surface area contributed by atoms with Gasteiger partial charge in [-0.05, 0) is 18.6 Å². The van der Waals surface area contributed by atoms with Crippen molar-refractivity contribution in [2.45, 2.75) is 18.9 Å². The van der Waals surface area contributed by atoms with Crippen LogP contribution in [0, 0.1) is 0 Å². The molecule has 3 aromatic rings. The second kappa shape index (κ2) is 6.17. The minimum atomic E-state index is -4.74. The van der Waals surface area contributed by atoms with E-state index in [1.54, 1.807) is 29.1 Å². The van der Waals surface area contributed by atoms with E-state index < -0.39 is 12.5 Å². The van der Waals surface area contributed by atoms with E-state index in [1.165, 1.54) is 18.2 Å². The van der Waals surface area contributed by atoms with Crippen molar-refractivity contribution in [3.05, 3.63) is 42.9 Å². The molecular weight excluding hydrogens is 349 g/mol. The molecule has 1 atom stereocenters. The van der Waals surface area contributed by atoms with Crippen molar-refractivity contribution in [1.29, 1.82) is 0 Å². The standard InChI is InChI=1S/C17H15F3N4O2/c18-17(19,20)26-13-3-1-2-11(8-13)14-9-22-16-15(21-5-7-24(14)16)23-6-4-12(25)10-23/h1-3,5,7-9,12,25H,4,6,10H2. The number of nitrogens with zero attached hydrogens (tertiary/aromatic N) is 4. The Morgan fingerprint density at radius 2 is 2.08 bits per heavy atom. The van der Waals surface area contributed by atoms with Crippen molar-refractivity contribution < 1.29 is 23.0 Å². The number of imidazole rings is 1. The number of ether oxygens (including phenoxy) is 1. The molecule has 1 saturated heterocycles. The number of aromatic nitrogens is 3. The lowest BCUT2D eigenvalue weighted by molar-refractivity contribution is -0.274. The lowest BCUT2D eigenvalue weighted by atomic mass is 10.1. The average molecular weight is 364 g/mol. The Labute approximate surface area is 146 Å². The Bertz CT molecular complexity index is 941. The summed E-state index contributed by atoms with van der Waals surface area (Å²) >= 11 is 0. The zero-order valence-corrected chi connectivity index (χ0v) is 13.5. The van der Waals surface area contributed by atoms with Crippen LogP contribution < -0.4 is 9.64 Å². The first-order chi connectivity index (χ1) is 12.4. The van der Waals surface area contributed by atoms with Crippen LogP contribution in [-0.4, -0.2) is 45.0 Å². The fraction of sp³-hybridized carbons (Fsp3) is 0.294. The summed E-state index contributed by atoms with van der Waals surface area (Å²) in [5.74, 6) is 0.347. The van der Waals surface area contributed by atoms with Crippen LogP contribution in [0.5, 0.6) is 5.75 Å². The van der Waals surface area contributed by atoms with Gasteiger partial charge in [-0.15, -0.1) is 13.2 Å². The monoisotopic (exact) mass is 364 g/mol. The van der Waals surface area contributed by atoms with Gasteiger partial charge in [0, 0.05) is 31.0 Å². The zero-order chi connectivity index (χ0) is 18.3. The molecule has 1 unspecified atom stereocenters. The van der Waals surface area contributed by atoms with Crippen molar-refractivity contribution in [2.24, 2.45) is 0 Å². The zero-order valence-electron chi connectivity index (χ0n) is 13.5. The van der Waals surface area contributed by atoms with Crippen LogP contribution >= 0.6 is 0 Å². The highest BCUT2D eigenvalue weighted by Crippen LogP contribution is 2.30. The van der Waals surface area contributed by atoms with Crippen molar-refractivity contribution in [2.75, 3.05) is 18.0 Å². The predicted octanol–water partition coefficient (Wildman–Crippen LogP) is 2.87. The maximum absolute atomic E-state index is 12.5. The number of hydrogen-bond acceptors (Lipinski definition) is 5. The smallest absolute Gasteiger partial charge is 0.406 e. The van der Waals surface area contributed by atoms with Crippen LogP contribution in [0.3, 0.4) is 0 Å². The maximum atomic E-state index is 12.5. The van der Waals surface area contributed by atoms with Gasteiger partial charge in [-0.25, -0.2) is 9.97 Å². The van der Waals surface area contributed by atoms with E-state index >= 15 is 0 Å². The Morgan fingerprint density at radius 3 is 2.81 bits per heavy atom. The number of benzene rings is 1. The van der Waals surface area contributed by atoms with Crippen molar-refractivity contribution in [1.82, 2.24) is 14.4 Å². The van der Waals surface area contributed by atoms with E-state index in [2.05, 4.69) is 14.7 Å². The van der Waals surface area contributed by atoms with E-state index in [0.29, 0.717) is 42.2 Å². The number of hydrogen-bond donors (Lipinski definition) is 1. The molecule has 1 N–H and O–H groups in total. The number of rotatable bonds is 3. The number of halogens is 3. The Morgan fingerprint density at radius 1 is 1.23 bits per heavy atom. The van der Waals surface area contributed by atoms with E-state index in [4.69, 9.17) is 0 Å². The SMILES string of the molecule is OC1CCN(c2nccn3c(-c4cccc(OC(F)(F)F)c4)cnc23)C1. The van der Waals surface area contributed by atoms with Gasteiger partial charge < -0.3 is 14.7 Å². The average Bonchev–Trinajstić information content (AvgIpc) is 3.19. The summed E-state index contributed by atoms with van der Waals surface area (Å²) < 4.78 is 43.1. The molecule has 9 heteroatoms. The van der Waals surface area contributed by atoms with Crippen molar-refractivity contribution >= 4 is 11.5 Å². The van der Waals surface area contributed by atoms with Gasteiger partial charge >= 0.3 is 6.36 Å². The van der Waals surface area contributed by atoms with Crippen LogP contribution in [0.4, 0.5) is 19.0 Å². The second-order valence-corrected chi connectivity index (χ2v) is 6.05. The van der Waals surface area contributed by atoms with Crippen LogP contribution in [0.2, 0.25) is 0 Å². The van der Waals surface area contributed by atoms with Crippen molar-refractivity contribution in [3.63, 3.8) is 0 Å². The van der Waals surface area contributed by atoms with Gasteiger partial charge in [0.05, 0.1) is 18.0 Å². The molecule has 1 aromatic carbocycles. The summed E-state index contributed by atoms with van der Waals surface area (Å²) in [6.07, 6.45) is 0.403. The first-order valence-corrected chi connectivity index (χ1v) is 8.02. The highest BCUT2D eigenvalue weighted by Gasteiger charge is 2.31. The lowest BCUT2D eigenvalue weighted by Crippen LogP contribution is -2.23. The molecule has 0 bridgehead atoms. The van der Waals surface area contributed by atoms with Gasteiger partial charge in [-0.3, -0.25) is 4.40 Å². The molecule has 26 heavy (non-hydrogen) atoms. The predicted molar refractivity (Wildman–Crippen MR) is 87.9 cm³/mol. The van der Waals surface area contributed by atoms with Gasteiger partial charge in [0.15, 0.2) is 11.5 Å².